The highest BCUT2D eigenvalue weighted by Gasteiger charge is 2.10. The van der Waals surface area contributed by atoms with Crippen molar-refractivity contribution in [1.29, 1.82) is 0 Å². The molecule has 3 rings (SSSR count). The first kappa shape index (κ1) is 13.3. The lowest BCUT2D eigenvalue weighted by molar-refractivity contribution is 0.573. The van der Waals surface area contributed by atoms with Gasteiger partial charge in [0.1, 0.15) is 0 Å². The third kappa shape index (κ3) is 2.76. The van der Waals surface area contributed by atoms with Crippen LogP contribution in [0.15, 0.2) is 41.8 Å². The molecule has 0 aliphatic carbocycles. The first-order valence-corrected chi connectivity index (χ1v) is 7.82. The number of para-hydroxylation sites is 1. The first-order chi connectivity index (χ1) is 9.74. The summed E-state index contributed by atoms with van der Waals surface area (Å²) in [6.45, 7) is 5.98. The van der Waals surface area contributed by atoms with Gasteiger partial charge in [0.05, 0.1) is 17.8 Å². The van der Waals surface area contributed by atoms with Crippen LogP contribution < -0.4 is 5.32 Å². The van der Waals surface area contributed by atoms with Crippen LogP contribution in [0.4, 0.5) is 0 Å². The van der Waals surface area contributed by atoms with Gasteiger partial charge < -0.3 is 5.32 Å². The molecule has 3 aromatic rings. The number of aromatic nitrogens is 2. The van der Waals surface area contributed by atoms with Crippen LogP contribution in [-0.2, 0) is 13.1 Å². The van der Waals surface area contributed by atoms with Crippen molar-refractivity contribution in [2.24, 2.45) is 0 Å². The van der Waals surface area contributed by atoms with Crippen molar-refractivity contribution in [2.75, 3.05) is 0 Å². The van der Waals surface area contributed by atoms with E-state index in [1.54, 1.807) is 11.3 Å². The van der Waals surface area contributed by atoms with Gasteiger partial charge >= 0.3 is 0 Å². The number of hydrogen-bond donors (Lipinski definition) is 1. The van der Waals surface area contributed by atoms with Gasteiger partial charge in [-0.2, -0.15) is 5.10 Å². The molecule has 3 nitrogen and oxygen atoms in total. The average molecular weight is 285 g/mol. The van der Waals surface area contributed by atoms with E-state index in [1.165, 1.54) is 15.8 Å². The van der Waals surface area contributed by atoms with Crippen molar-refractivity contribution in [2.45, 2.75) is 33.0 Å². The van der Waals surface area contributed by atoms with Crippen LogP contribution in [0.2, 0.25) is 0 Å². The second-order valence-electron chi connectivity index (χ2n) is 5.24. The summed E-state index contributed by atoms with van der Waals surface area (Å²) >= 11 is 1.78. The fourth-order valence-electron chi connectivity index (χ4n) is 2.30. The van der Waals surface area contributed by atoms with Crippen molar-refractivity contribution in [3.05, 3.63) is 52.3 Å². The maximum Gasteiger partial charge on any atom is 0.0841 e. The quantitative estimate of drug-likeness (QED) is 0.775. The van der Waals surface area contributed by atoms with Gasteiger partial charge in [0.2, 0.25) is 0 Å². The zero-order chi connectivity index (χ0) is 13.9. The van der Waals surface area contributed by atoms with Crippen molar-refractivity contribution >= 4 is 22.2 Å². The summed E-state index contributed by atoms with van der Waals surface area (Å²) in [5.41, 5.74) is 2.34. The lowest BCUT2D eigenvalue weighted by Crippen LogP contribution is -2.22. The zero-order valence-corrected chi connectivity index (χ0v) is 12.7. The molecule has 0 atom stereocenters. The van der Waals surface area contributed by atoms with Gasteiger partial charge in [-0.3, -0.25) is 4.68 Å². The van der Waals surface area contributed by atoms with Crippen molar-refractivity contribution in [1.82, 2.24) is 15.1 Å². The van der Waals surface area contributed by atoms with E-state index in [0.717, 1.165) is 18.8 Å². The Balaban J connectivity index is 1.95. The fraction of sp³-hybridized carbons (Fsp3) is 0.312. The maximum absolute atomic E-state index is 4.80. The minimum atomic E-state index is 0.469. The second-order valence-corrected chi connectivity index (χ2v) is 6.27. The monoisotopic (exact) mass is 285 g/mol. The number of rotatable bonds is 5. The summed E-state index contributed by atoms with van der Waals surface area (Å²) in [4.78, 5) is 1.33. The van der Waals surface area contributed by atoms with Gasteiger partial charge in [-0.25, -0.2) is 0 Å². The van der Waals surface area contributed by atoms with Gasteiger partial charge in [-0.15, -0.1) is 11.3 Å². The maximum atomic E-state index is 4.80. The summed E-state index contributed by atoms with van der Waals surface area (Å²) in [6, 6.07) is 13.2. The van der Waals surface area contributed by atoms with Gasteiger partial charge in [-0.05, 0) is 17.5 Å². The smallest absolute Gasteiger partial charge is 0.0841 e. The van der Waals surface area contributed by atoms with Crippen LogP contribution in [0.5, 0.6) is 0 Å². The number of hydrogen-bond acceptors (Lipinski definition) is 3. The molecule has 2 heterocycles. The SMILES string of the molecule is CC(C)NCc1nn(Cc2cccs2)c2ccccc12. The Hall–Kier alpha value is -1.65. The lowest BCUT2D eigenvalue weighted by atomic mass is 10.2. The summed E-state index contributed by atoms with van der Waals surface area (Å²) in [7, 11) is 0. The molecule has 2 aromatic heterocycles. The number of fused-ring (bicyclic) bond motifs is 1. The summed E-state index contributed by atoms with van der Waals surface area (Å²) < 4.78 is 2.11. The number of nitrogens with zero attached hydrogens (tertiary/aromatic N) is 2. The third-order valence-electron chi connectivity index (χ3n) is 3.30. The molecular weight excluding hydrogens is 266 g/mol. The average Bonchev–Trinajstić information content (AvgIpc) is 3.06. The van der Waals surface area contributed by atoms with Gasteiger partial charge in [0, 0.05) is 22.8 Å². The normalized spacial score (nSPS) is 11.6. The Labute approximate surface area is 123 Å². The lowest BCUT2D eigenvalue weighted by Gasteiger charge is -2.05. The predicted octanol–water partition coefficient (Wildman–Crippen LogP) is 3.64. The van der Waals surface area contributed by atoms with Crippen LogP contribution in [0.25, 0.3) is 10.9 Å². The molecule has 0 radical (unpaired) electrons. The van der Waals surface area contributed by atoms with Crippen molar-refractivity contribution in [3.8, 4) is 0 Å². The summed E-state index contributed by atoms with van der Waals surface area (Å²) in [5, 5.41) is 11.6. The highest BCUT2D eigenvalue weighted by molar-refractivity contribution is 7.09. The molecule has 20 heavy (non-hydrogen) atoms. The molecule has 104 valence electrons. The topological polar surface area (TPSA) is 29.9 Å². The molecule has 0 saturated carbocycles. The predicted molar refractivity (Wildman–Crippen MR) is 85.1 cm³/mol. The van der Waals surface area contributed by atoms with Gasteiger partial charge in [0.25, 0.3) is 0 Å². The minimum Gasteiger partial charge on any atom is -0.309 e. The highest BCUT2D eigenvalue weighted by Crippen LogP contribution is 2.20. The molecule has 4 heteroatoms. The van der Waals surface area contributed by atoms with Crippen LogP contribution >= 0.6 is 11.3 Å². The zero-order valence-electron chi connectivity index (χ0n) is 11.8. The highest BCUT2D eigenvalue weighted by atomic mass is 32.1. The van der Waals surface area contributed by atoms with E-state index < -0.39 is 0 Å². The molecular formula is C16H19N3S. The number of benzene rings is 1. The van der Waals surface area contributed by atoms with E-state index >= 15 is 0 Å². The molecule has 0 unspecified atom stereocenters. The van der Waals surface area contributed by atoms with E-state index in [1.807, 2.05) is 0 Å². The van der Waals surface area contributed by atoms with Crippen LogP contribution in [-0.4, -0.2) is 15.8 Å². The number of nitrogens with one attached hydrogen (secondary N) is 1. The fourth-order valence-corrected chi connectivity index (χ4v) is 2.98. The van der Waals surface area contributed by atoms with Crippen LogP contribution in [0, 0.1) is 0 Å². The molecule has 0 spiro atoms. The van der Waals surface area contributed by atoms with E-state index in [0.29, 0.717) is 6.04 Å². The Morgan fingerprint density at radius 1 is 1.20 bits per heavy atom. The molecule has 0 aliphatic heterocycles. The minimum absolute atomic E-state index is 0.469. The van der Waals surface area contributed by atoms with E-state index in [2.05, 4.69) is 65.6 Å². The van der Waals surface area contributed by atoms with Crippen LogP contribution in [0.1, 0.15) is 24.4 Å². The molecule has 0 aliphatic rings. The van der Waals surface area contributed by atoms with E-state index in [-0.39, 0.29) is 0 Å². The summed E-state index contributed by atoms with van der Waals surface area (Å²) in [6.07, 6.45) is 0. The van der Waals surface area contributed by atoms with E-state index in [4.69, 9.17) is 5.10 Å². The molecule has 1 aromatic carbocycles. The van der Waals surface area contributed by atoms with Crippen molar-refractivity contribution < 1.29 is 0 Å². The molecule has 0 fully saturated rings. The summed E-state index contributed by atoms with van der Waals surface area (Å²) in [5.74, 6) is 0. The Morgan fingerprint density at radius 2 is 2.05 bits per heavy atom. The Kier molecular flexibility index (Phi) is 3.85. The Bertz CT molecular complexity index is 683. The largest absolute Gasteiger partial charge is 0.309 e. The second kappa shape index (κ2) is 5.77. The Morgan fingerprint density at radius 3 is 2.80 bits per heavy atom. The molecule has 1 N–H and O–H groups in total. The molecule has 0 saturated heterocycles. The third-order valence-corrected chi connectivity index (χ3v) is 4.16. The van der Waals surface area contributed by atoms with E-state index in [9.17, 15) is 0 Å². The van der Waals surface area contributed by atoms with Crippen molar-refractivity contribution in [3.63, 3.8) is 0 Å². The first-order valence-electron chi connectivity index (χ1n) is 6.94. The van der Waals surface area contributed by atoms with Gasteiger partial charge in [0.15, 0.2) is 0 Å². The molecule has 0 amide bonds. The number of thiophene rings is 1. The van der Waals surface area contributed by atoms with Crippen LogP contribution in [0.3, 0.4) is 0 Å². The molecule has 0 bridgehead atoms. The standard InChI is InChI=1S/C16H19N3S/c1-12(2)17-10-15-14-7-3-4-8-16(14)19(18-15)11-13-6-5-9-20-13/h3-9,12,17H,10-11H2,1-2H3. The van der Waals surface area contributed by atoms with Gasteiger partial charge in [-0.1, -0.05) is 38.1 Å².